The van der Waals surface area contributed by atoms with E-state index in [9.17, 15) is 9.59 Å². The molecule has 6 nitrogen and oxygen atoms in total. The molecule has 0 atom stereocenters. The van der Waals surface area contributed by atoms with Gasteiger partial charge in [-0.2, -0.15) is 0 Å². The highest BCUT2D eigenvalue weighted by Crippen LogP contribution is 2.26. The number of thiazole rings is 1. The van der Waals surface area contributed by atoms with Gasteiger partial charge in [0.15, 0.2) is 0 Å². The molecule has 1 aromatic heterocycles. The summed E-state index contributed by atoms with van der Waals surface area (Å²) in [4.78, 5) is 28.7. The second-order valence-corrected chi connectivity index (χ2v) is 6.74. The van der Waals surface area contributed by atoms with Crippen molar-refractivity contribution in [2.24, 2.45) is 0 Å². The predicted octanol–water partition coefficient (Wildman–Crippen LogP) is 4.21. The van der Waals surface area contributed by atoms with Crippen LogP contribution in [0.2, 0.25) is 0 Å². The number of aromatic nitrogens is 1. The second-order valence-electron chi connectivity index (χ2n) is 5.89. The zero-order chi connectivity index (χ0) is 19.9. The molecule has 0 aliphatic carbocycles. The van der Waals surface area contributed by atoms with Gasteiger partial charge in [-0.25, -0.2) is 4.98 Å². The van der Waals surface area contributed by atoms with Crippen LogP contribution in [0.15, 0.2) is 53.9 Å². The number of carbonyl (C=O) groups is 2. The molecule has 144 valence electrons. The number of hydrogen-bond donors (Lipinski definition) is 2. The Labute approximate surface area is 167 Å². The van der Waals surface area contributed by atoms with E-state index in [0.717, 1.165) is 16.3 Å². The maximum atomic E-state index is 12.5. The number of nitrogens with zero attached hydrogens (tertiary/aromatic N) is 1. The maximum Gasteiger partial charge on any atom is 0.275 e. The van der Waals surface area contributed by atoms with Crippen molar-refractivity contribution in [2.75, 3.05) is 18.5 Å². The van der Waals surface area contributed by atoms with Gasteiger partial charge in [0, 0.05) is 28.7 Å². The van der Waals surface area contributed by atoms with Crippen LogP contribution in [0.3, 0.4) is 0 Å². The predicted molar refractivity (Wildman–Crippen MR) is 111 cm³/mol. The third-order valence-electron chi connectivity index (χ3n) is 3.89. The summed E-state index contributed by atoms with van der Waals surface area (Å²) in [6.45, 7) is 4.98. The van der Waals surface area contributed by atoms with Gasteiger partial charge in [0.1, 0.15) is 16.5 Å². The quantitative estimate of drug-likeness (QED) is 0.628. The maximum absolute atomic E-state index is 12.5. The van der Waals surface area contributed by atoms with Crippen LogP contribution in [0, 0.1) is 0 Å². The molecule has 0 spiro atoms. The van der Waals surface area contributed by atoms with Crippen molar-refractivity contribution >= 4 is 28.8 Å². The molecule has 28 heavy (non-hydrogen) atoms. The third-order valence-corrected chi connectivity index (χ3v) is 4.78. The Morgan fingerprint density at radius 2 is 1.71 bits per heavy atom. The minimum atomic E-state index is -0.292. The van der Waals surface area contributed by atoms with Crippen molar-refractivity contribution in [2.45, 2.75) is 13.8 Å². The van der Waals surface area contributed by atoms with E-state index in [0.29, 0.717) is 30.1 Å². The van der Waals surface area contributed by atoms with Crippen molar-refractivity contribution < 1.29 is 14.3 Å². The Bertz CT molecular complexity index is 950. The molecule has 2 N–H and O–H groups in total. The van der Waals surface area contributed by atoms with Gasteiger partial charge in [0.05, 0.1) is 6.61 Å². The lowest BCUT2D eigenvalue weighted by atomic mass is 10.2. The van der Waals surface area contributed by atoms with Gasteiger partial charge in [-0.1, -0.05) is 0 Å². The fourth-order valence-electron chi connectivity index (χ4n) is 2.53. The molecule has 2 aromatic carbocycles. The molecule has 2 amide bonds. The summed E-state index contributed by atoms with van der Waals surface area (Å²) in [6.07, 6.45) is 0. The molecular weight excluding hydrogens is 374 g/mol. The van der Waals surface area contributed by atoms with Gasteiger partial charge in [-0.15, -0.1) is 11.3 Å². The van der Waals surface area contributed by atoms with Crippen molar-refractivity contribution in [3.8, 4) is 16.3 Å². The molecule has 0 unspecified atom stereocenters. The molecule has 3 rings (SSSR count). The second kappa shape index (κ2) is 9.14. The van der Waals surface area contributed by atoms with E-state index < -0.39 is 0 Å². The third kappa shape index (κ3) is 4.75. The SMILES string of the molecule is CCNC(=O)c1ccc(NC(=O)c2csc(-c3ccc(OCC)cc3)n2)cc1. The van der Waals surface area contributed by atoms with E-state index >= 15 is 0 Å². The smallest absolute Gasteiger partial charge is 0.275 e. The molecule has 0 saturated heterocycles. The zero-order valence-corrected chi connectivity index (χ0v) is 16.5. The Morgan fingerprint density at radius 3 is 2.36 bits per heavy atom. The molecule has 0 saturated carbocycles. The number of nitrogens with one attached hydrogen (secondary N) is 2. The van der Waals surface area contributed by atoms with Gasteiger partial charge >= 0.3 is 0 Å². The standard InChI is InChI=1S/C21H21N3O3S/c1-3-22-19(25)14-5-9-16(10-6-14)23-20(26)18-13-28-21(24-18)15-7-11-17(12-8-15)27-4-2/h5-13H,3-4H2,1-2H3,(H,22,25)(H,23,26). The van der Waals surface area contributed by atoms with E-state index in [1.807, 2.05) is 38.1 Å². The normalized spacial score (nSPS) is 10.4. The first-order valence-corrected chi connectivity index (χ1v) is 9.87. The average molecular weight is 395 g/mol. The van der Waals surface area contributed by atoms with E-state index in [-0.39, 0.29) is 11.8 Å². The largest absolute Gasteiger partial charge is 0.494 e. The van der Waals surface area contributed by atoms with E-state index in [1.54, 1.807) is 29.6 Å². The van der Waals surface area contributed by atoms with Gasteiger partial charge in [0.2, 0.25) is 0 Å². The number of hydrogen-bond acceptors (Lipinski definition) is 5. The summed E-state index contributed by atoms with van der Waals surface area (Å²) in [6, 6.07) is 14.4. The molecule has 1 heterocycles. The monoisotopic (exact) mass is 395 g/mol. The Morgan fingerprint density at radius 1 is 1.00 bits per heavy atom. The molecule has 0 fully saturated rings. The summed E-state index contributed by atoms with van der Waals surface area (Å²) >= 11 is 1.41. The zero-order valence-electron chi connectivity index (χ0n) is 15.7. The molecular formula is C21H21N3O3S. The first kappa shape index (κ1) is 19.6. The van der Waals surface area contributed by atoms with Crippen LogP contribution in [-0.4, -0.2) is 29.9 Å². The van der Waals surface area contributed by atoms with Crippen molar-refractivity contribution in [1.29, 1.82) is 0 Å². The van der Waals surface area contributed by atoms with Crippen molar-refractivity contribution in [1.82, 2.24) is 10.3 Å². The highest BCUT2D eigenvalue weighted by atomic mass is 32.1. The van der Waals surface area contributed by atoms with E-state index in [1.165, 1.54) is 11.3 Å². The molecule has 7 heteroatoms. The number of benzene rings is 2. The minimum Gasteiger partial charge on any atom is -0.494 e. The number of carbonyl (C=O) groups excluding carboxylic acids is 2. The Hall–Kier alpha value is -3.19. The number of anilines is 1. The van der Waals surface area contributed by atoms with Crippen molar-refractivity contribution in [3.05, 3.63) is 65.2 Å². The summed E-state index contributed by atoms with van der Waals surface area (Å²) in [7, 11) is 0. The van der Waals surface area contributed by atoms with Crippen LogP contribution in [0.25, 0.3) is 10.6 Å². The highest BCUT2D eigenvalue weighted by Gasteiger charge is 2.13. The summed E-state index contributed by atoms with van der Waals surface area (Å²) in [5, 5.41) is 8.02. The van der Waals surface area contributed by atoms with E-state index in [4.69, 9.17) is 4.74 Å². The van der Waals surface area contributed by atoms with Crippen LogP contribution in [0.1, 0.15) is 34.7 Å². The lowest BCUT2D eigenvalue weighted by Gasteiger charge is -2.05. The lowest BCUT2D eigenvalue weighted by Crippen LogP contribution is -2.22. The van der Waals surface area contributed by atoms with Gasteiger partial charge < -0.3 is 15.4 Å². The molecule has 0 bridgehead atoms. The van der Waals surface area contributed by atoms with Crippen LogP contribution in [-0.2, 0) is 0 Å². The average Bonchev–Trinajstić information content (AvgIpc) is 3.20. The highest BCUT2D eigenvalue weighted by molar-refractivity contribution is 7.13. The minimum absolute atomic E-state index is 0.139. The molecule has 3 aromatic rings. The van der Waals surface area contributed by atoms with Gasteiger partial charge in [-0.05, 0) is 62.4 Å². The summed E-state index contributed by atoms with van der Waals surface area (Å²) in [5.74, 6) is 0.371. The number of amides is 2. The number of ether oxygens (including phenoxy) is 1. The molecule has 0 radical (unpaired) electrons. The van der Waals surface area contributed by atoms with Crippen LogP contribution in [0.4, 0.5) is 5.69 Å². The topological polar surface area (TPSA) is 80.3 Å². The fourth-order valence-corrected chi connectivity index (χ4v) is 3.34. The van der Waals surface area contributed by atoms with Crippen LogP contribution < -0.4 is 15.4 Å². The fraction of sp³-hybridized carbons (Fsp3) is 0.190. The Kier molecular flexibility index (Phi) is 6.39. The van der Waals surface area contributed by atoms with E-state index in [2.05, 4.69) is 15.6 Å². The van der Waals surface area contributed by atoms with Gasteiger partial charge in [0.25, 0.3) is 11.8 Å². The van der Waals surface area contributed by atoms with Crippen molar-refractivity contribution in [3.63, 3.8) is 0 Å². The van der Waals surface area contributed by atoms with Gasteiger partial charge in [-0.3, -0.25) is 9.59 Å². The molecule has 0 aliphatic heterocycles. The lowest BCUT2D eigenvalue weighted by molar-refractivity contribution is 0.0955. The first-order valence-electron chi connectivity index (χ1n) is 8.99. The first-order chi connectivity index (χ1) is 13.6. The van der Waals surface area contributed by atoms with Crippen LogP contribution in [0.5, 0.6) is 5.75 Å². The number of rotatable bonds is 7. The summed E-state index contributed by atoms with van der Waals surface area (Å²) in [5.41, 5.74) is 2.43. The van der Waals surface area contributed by atoms with Crippen LogP contribution >= 0.6 is 11.3 Å². The Balaban J connectivity index is 1.66. The summed E-state index contributed by atoms with van der Waals surface area (Å²) < 4.78 is 5.44. The molecule has 0 aliphatic rings.